The van der Waals surface area contributed by atoms with E-state index in [-0.39, 0.29) is 5.82 Å². The summed E-state index contributed by atoms with van der Waals surface area (Å²) in [5.74, 6) is 0.236. The molecule has 2 nitrogen and oxygen atoms in total. The Balaban J connectivity index is 1.77. The minimum atomic E-state index is -0.291. The van der Waals surface area contributed by atoms with Crippen LogP contribution in [0, 0.1) is 5.82 Å². The third-order valence-corrected chi connectivity index (χ3v) is 4.44. The molecule has 0 bridgehead atoms. The van der Waals surface area contributed by atoms with Gasteiger partial charge in [-0.2, -0.15) is 0 Å². The van der Waals surface area contributed by atoms with Gasteiger partial charge in [0.05, 0.1) is 10.2 Å². The quantitative estimate of drug-likeness (QED) is 0.623. The Morgan fingerprint density at radius 2 is 2.05 bits per heavy atom. The van der Waals surface area contributed by atoms with E-state index in [0.29, 0.717) is 17.7 Å². The van der Waals surface area contributed by atoms with Crippen molar-refractivity contribution in [1.82, 2.24) is 4.98 Å². The zero-order valence-electron chi connectivity index (χ0n) is 10.5. The van der Waals surface area contributed by atoms with E-state index < -0.39 is 0 Å². The Labute approximate surface area is 128 Å². The fraction of sp³-hybridized carbons (Fsp3) is 0.133. The van der Waals surface area contributed by atoms with Gasteiger partial charge in [0, 0.05) is 11.4 Å². The molecule has 3 rings (SSSR count). The van der Waals surface area contributed by atoms with Crippen LogP contribution in [0.25, 0.3) is 10.2 Å². The van der Waals surface area contributed by atoms with Crippen LogP contribution in [0.15, 0.2) is 42.5 Å². The van der Waals surface area contributed by atoms with Crippen molar-refractivity contribution in [3.05, 3.63) is 58.9 Å². The number of benzene rings is 2. The molecular formula is C15H11BrFNOS. The summed E-state index contributed by atoms with van der Waals surface area (Å²) >= 11 is 4.90. The summed E-state index contributed by atoms with van der Waals surface area (Å²) in [5, 5.41) is 1.48. The van der Waals surface area contributed by atoms with Crippen LogP contribution in [0.3, 0.4) is 0 Å². The number of halogens is 2. The van der Waals surface area contributed by atoms with Crippen LogP contribution >= 0.6 is 27.3 Å². The first kappa shape index (κ1) is 13.5. The number of hydrogen-bond donors (Lipinski definition) is 0. The highest BCUT2D eigenvalue weighted by atomic mass is 79.9. The lowest BCUT2D eigenvalue weighted by Crippen LogP contribution is -1.96. The van der Waals surface area contributed by atoms with Crippen LogP contribution in [0.1, 0.15) is 10.6 Å². The normalized spacial score (nSPS) is 10.9. The molecule has 0 unspecified atom stereocenters. The van der Waals surface area contributed by atoms with Crippen molar-refractivity contribution in [2.24, 2.45) is 0 Å². The minimum absolute atomic E-state index is 0.291. The smallest absolute Gasteiger partial charge is 0.140 e. The zero-order valence-corrected chi connectivity index (χ0v) is 12.9. The van der Waals surface area contributed by atoms with Crippen LogP contribution in [0.2, 0.25) is 0 Å². The molecule has 0 aliphatic rings. The van der Waals surface area contributed by atoms with Crippen LogP contribution in [0.4, 0.5) is 4.39 Å². The molecule has 0 atom stereocenters. The van der Waals surface area contributed by atoms with E-state index in [4.69, 9.17) is 4.74 Å². The highest BCUT2D eigenvalue weighted by Crippen LogP contribution is 2.24. The molecule has 0 radical (unpaired) electrons. The van der Waals surface area contributed by atoms with Crippen molar-refractivity contribution in [1.29, 1.82) is 0 Å². The molecule has 0 saturated carbocycles. The maximum Gasteiger partial charge on any atom is 0.140 e. The molecule has 102 valence electrons. The maximum atomic E-state index is 13.4. The molecule has 3 aromatic rings. The summed E-state index contributed by atoms with van der Waals surface area (Å²) in [6, 6.07) is 12.6. The Hall–Kier alpha value is -1.46. The SMILES string of the molecule is Fc1cc(CBr)cc(OCc2nc3ccccc3s2)c1. The molecule has 0 N–H and O–H groups in total. The average Bonchev–Trinajstić information content (AvgIpc) is 2.87. The van der Waals surface area contributed by atoms with Crippen LogP contribution in [-0.2, 0) is 11.9 Å². The van der Waals surface area contributed by atoms with Gasteiger partial charge >= 0.3 is 0 Å². The molecule has 0 aliphatic heterocycles. The van der Waals surface area contributed by atoms with E-state index >= 15 is 0 Å². The fourth-order valence-electron chi connectivity index (χ4n) is 1.91. The second kappa shape index (κ2) is 5.89. The molecule has 0 saturated heterocycles. The molecule has 5 heteroatoms. The monoisotopic (exact) mass is 351 g/mol. The highest BCUT2D eigenvalue weighted by Gasteiger charge is 2.05. The van der Waals surface area contributed by atoms with Crippen LogP contribution in [-0.4, -0.2) is 4.98 Å². The first-order chi connectivity index (χ1) is 9.74. The van der Waals surface area contributed by atoms with Crippen molar-refractivity contribution >= 4 is 37.5 Å². The first-order valence-corrected chi connectivity index (χ1v) is 8.01. The molecule has 0 spiro atoms. The minimum Gasteiger partial charge on any atom is -0.486 e. The number of fused-ring (bicyclic) bond motifs is 1. The van der Waals surface area contributed by atoms with E-state index in [9.17, 15) is 4.39 Å². The van der Waals surface area contributed by atoms with Crippen LogP contribution in [0.5, 0.6) is 5.75 Å². The van der Waals surface area contributed by atoms with E-state index in [0.717, 1.165) is 20.8 Å². The van der Waals surface area contributed by atoms with Gasteiger partial charge in [0.1, 0.15) is 23.2 Å². The molecule has 20 heavy (non-hydrogen) atoms. The first-order valence-electron chi connectivity index (χ1n) is 6.07. The lowest BCUT2D eigenvalue weighted by atomic mass is 10.2. The highest BCUT2D eigenvalue weighted by molar-refractivity contribution is 9.08. The van der Waals surface area contributed by atoms with Gasteiger partial charge in [-0.15, -0.1) is 11.3 Å². The predicted octanol–water partition coefficient (Wildman–Crippen LogP) is 4.91. The average molecular weight is 352 g/mol. The number of aromatic nitrogens is 1. The molecule has 1 aromatic heterocycles. The Morgan fingerprint density at radius 1 is 1.20 bits per heavy atom. The summed E-state index contributed by atoms with van der Waals surface area (Å²) in [6.45, 7) is 0.352. The summed E-state index contributed by atoms with van der Waals surface area (Å²) in [7, 11) is 0. The molecule has 1 heterocycles. The van der Waals surface area contributed by atoms with Crippen molar-refractivity contribution in [3.63, 3.8) is 0 Å². The third kappa shape index (κ3) is 2.99. The number of thiazole rings is 1. The van der Waals surface area contributed by atoms with Crippen molar-refractivity contribution in [2.45, 2.75) is 11.9 Å². The Bertz CT molecular complexity index is 711. The van der Waals surface area contributed by atoms with Gasteiger partial charge < -0.3 is 4.74 Å². The fourth-order valence-corrected chi connectivity index (χ4v) is 3.11. The lowest BCUT2D eigenvalue weighted by Gasteiger charge is -2.06. The zero-order chi connectivity index (χ0) is 13.9. The second-order valence-electron chi connectivity index (χ2n) is 4.29. The van der Waals surface area contributed by atoms with Gasteiger partial charge in [-0.3, -0.25) is 0 Å². The number of alkyl halides is 1. The third-order valence-electron chi connectivity index (χ3n) is 2.79. The Morgan fingerprint density at radius 3 is 2.85 bits per heavy atom. The number of rotatable bonds is 4. The van der Waals surface area contributed by atoms with E-state index in [2.05, 4.69) is 20.9 Å². The number of ether oxygens (including phenoxy) is 1. The molecule has 0 fully saturated rings. The standard InChI is InChI=1S/C15H11BrFNOS/c16-8-10-5-11(17)7-12(6-10)19-9-15-18-13-3-1-2-4-14(13)20-15/h1-7H,8-9H2. The van der Waals surface area contributed by atoms with Crippen molar-refractivity contribution in [2.75, 3.05) is 0 Å². The lowest BCUT2D eigenvalue weighted by molar-refractivity contribution is 0.304. The molecular weight excluding hydrogens is 341 g/mol. The van der Waals surface area contributed by atoms with Gasteiger partial charge in [-0.1, -0.05) is 28.1 Å². The van der Waals surface area contributed by atoms with Gasteiger partial charge in [0.25, 0.3) is 0 Å². The summed E-state index contributed by atoms with van der Waals surface area (Å²) in [5.41, 5.74) is 1.82. The number of para-hydroxylation sites is 1. The van der Waals surface area contributed by atoms with Gasteiger partial charge in [0.2, 0.25) is 0 Å². The van der Waals surface area contributed by atoms with E-state index in [1.54, 1.807) is 11.3 Å². The summed E-state index contributed by atoms with van der Waals surface area (Å²) in [4.78, 5) is 4.48. The van der Waals surface area contributed by atoms with Crippen molar-refractivity contribution in [3.8, 4) is 5.75 Å². The maximum absolute atomic E-state index is 13.4. The van der Waals surface area contributed by atoms with E-state index in [1.807, 2.05) is 30.3 Å². The second-order valence-corrected chi connectivity index (χ2v) is 5.97. The topological polar surface area (TPSA) is 22.1 Å². The predicted molar refractivity (Wildman–Crippen MR) is 83.0 cm³/mol. The molecule has 2 aromatic carbocycles. The van der Waals surface area contributed by atoms with Gasteiger partial charge in [-0.25, -0.2) is 9.37 Å². The van der Waals surface area contributed by atoms with Gasteiger partial charge in [-0.05, 0) is 29.8 Å². The summed E-state index contributed by atoms with van der Waals surface area (Å²) < 4.78 is 20.2. The summed E-state index contributed by atoms with van der Waals surface area (Å²) in [6.07, 6.45) is 0. The van der Waals surface area contributed by atoms with E-state index in [1.165, 1.54) is 12.1 Å². The molecule has 0 aliphatic carbocycles. The number of hydrogen-bond acceptors (Lipinski definition) is 3. The Kier molecular flexibility index (Phi) is 3.98. The molecule has 0 amide bonds. The van der Waals surface area contributed by atoms with Crippen molar-refractivity contribution < 1.29 is 9.13 Å². The van der Waals surface area contributed by atoms with Crippen LogP contribution < -0.4 is 4.74 Å². The largest absolute Gasteiger partial charge is 0.486 e. The number of nitrogens with zero attached hydrogens (tertiary/aromatic N) is 1. The van der Waals surface area contributed by atoms with Gasteiger partial charge in [0.15, 0.2) is 0 Å².